The summed E-state index contributed by atoms with van der Waals surface area (Å²) in [5, 5.41) is 9.89. The van der Waals surface area contributed by atoms with Crippen LogP contribution in [0.4, 0.5) is 0 Å². The molecule has 1 aromatic carbocycles. The second-order valence-electron chi connectivity index (χ2n) is 3.39. The summed E-state index contributed by atoms with van der Waals surface area (Å²) in [7, 11) is 0. The van der Waals surface area contributed by atoms with Gasteiger partial charge in [-0.3, -0.25) is 0 Å². The van der Waals surface area contributed by atoms with E-state index in [0.29, 0.717) is 30.9 Å². The maximum atomic E-state index is 5.96. The van der Waals surface area contributed by atoms with Crippen molar-refractivity contribution in [2.45, 2.75) is 6.92 Å². The average Bonchev–Trinajstić information content (AvgIpc) is 2.37. The third kappa shape index (κ3) is 2.84. The Kier molecular flexibility index (Phi) is 4.12. The zero-order valence-corrected chi connectivity index (χ0v) is 10.3. The van der Waals surface area contributed by atoms with Crippen LogP contribution in [0.1, 0.15) is 6.92 Å². The van der Waals surface area contributed by atoms with E-state index in [4.69, 9.17) is 21.1 Å². The molecule has 2 rings (SSSR count). The molecule has 1 heterocycles. The van der Waals surface area contributed by atoms with Gasteiger partial charge in [0.25, 0.3) is 0 Å². The van der Waals surface area contributed by atoms with E-state index in [1.54, 1.807) is 0 Å². The maximum absolute atomic E-state index is 5.96. The van der Waals surface area contributed by atoms with E-state index in [2.05, 4.69) is 10.2 Å². The van der Waals surface area contributed by atoms with Crippen LogP contribution < -0.4 is 4.74 Å². The molecule has 0 unspecified atom stereocenters. The van der Waals surface area contributed by atoms with E-state index in [-0.39, 0.29) is 0 Å². The Hall–Kier alpha value is -1.39. The third-order valence-corrected chi connectivity index (χ3v) is 2.56. The van der Waals surface area contributed by atoms with Gasteiger partial charge in [0.15, 0.2) is 5.15 Å². The summed E-state index contributed by atoms with van der Waals surface area (Å²) in [6, 6.07) is 7.61. The molecule has 0 amide bonds. The summed E-state index contributed by atoms with van der Waals surface area (Å²) >= 11 is 5.96. The normalized spacial score (nSPS) is 10.7. The van der Waals surface area contributed by atoms with Crippen molar-refractivity contribution < 1.29 is 9.47 Å². The molecule has 90 valence electrons. The van der Waals surface area contributed by atoms with Crippen LogP contribution in [0, 0.1) is 0 Å². The van der Waals surface area contributed by atoms with Crippen molar-refractivity contribution in [3.8, 4) is 5.88 Å². The second kappa shape index (κ2) is 5.80. The Bertz CT molecular complexity index is 505. The predicted octanol–water partition coefficient (Wildman–Crippen LogP) is 2.70. The molecule has 0 aliphatic heterocycles. The molecule has 4 nitrogen and oxygen atoms in total. The predicted molar refractivity (Wildman–Crippen MR) is 66.5 cm³/mol. The zero-order valence-electron chi connectivity index (χ0n) is 9.52. The average molecular weight is 253 g/mol. The van der Waals surface area contributed by atoms with Gasteiger partial charge < -0.3 is 9.47 Å². The van der Waals surface area contributed by atoms with Gasteiger partial charge in [0.2, 0.25) is 5.88 Å². The zero-order chi connectivity index (χ0) is 12.1. The molecule has 0 spiro atoms. The minimum absolute atomic E-state index is 0.387. The second-order valence-corrected chi connectivity index (χ2v) is 3.74. The number of halogens is 1. The monoisotopic (exact) mass is 252 g/mol. The quantitative estimate of drug-likeness (QED) is 0.768. The van der Waals surface area contributed by atoms with Crippen LogP contribution in [-0.2, 0) is 4.74 Å². The van der Waals surface area contributed by atoms with Crippen LogP contribution in [0.25, 0.3) is 10.8 Å². The lowest BCUT2D eigenvalue weighted by Gasteiger charge is -2.07. The number of benzene rings is 1. The number of fused-ring (bicyclic) bond motifs is 1. The van der Waals surface area contributed by atoms with Gasteiger partial charge >= 0.3 is 0 Å². The van der Waals surface area contributed by atoms with Crippen LogP contribution in [0.3, 0.4) is 0 Å². The number of hydrogen-bond donors (Lipinski definition) is 0. The molecule has 0 atom stereocenters. The molecule has 0 saturated heterocycles. The molecule has 0 saturated carbocycles. The highest BCUT2D eigenvalue weighted by Crippen LogP contribution is 2.26. The molecule has 17 heavy (non-hydrogen) atoms. The van der Waals surface area contributed by atoms with E-state index in [9.17, 15) is 0 Å². The van der Waals surface area contributed by atoms with Gasteiger partial charge in [0, 0.05) is 17.4 Å². The maximum Gasteiger partial charge on any atom is 0.241 e. The Morgan fingerprint density at radius 3 is 2.65 bits per heavy atom. The summed E-state index contributed by atoms with van der Waals surface area (Å²) in [4.78, 5) is 0. The van der Waals surface area contributed by atoms with E-state index in [1.165, 1.54) is 0 Å². The number of nitrogens with zero attached hydrogens (tertiary/aromatic N) is 2. The van der Waals surface area contributed by atoms with Crippen molar-refractivity contribution in [1.82, 2.24) is 10.2 Å². The number of rotatable bonds is 5. The van der Waals surface area contributed by atoms with Crippen molar-refractivity contribution in [3.05, 3.63) is 29.4 Å². The number of aromatic nitrogens is 2. The van der Waals surface area contributed by atoms with Crippen molar-refractivity contribution in [2.75, 3.05) is 19.8 Å². The van der Waals surface area contributed by atoms with Crippen LogP contribution in [0.2, 0.25) is 5.15 Å². The summed E-state index contributed by atoms with van der Waals surface area (Å²) in [6.45, 7) is 3.61. The highest BCUT2D eigenvalue weighted by atomic mass is 35.5. The van der Waals surface area contributed by atoms with Gasteiger partial charge in [-0.2, -0.15) is 0 Å². The fourth-order valence-electron chi connectivity index (χ4n) is 1.49. The number of ether oxygens (including phenoxy) is 2. The van der Waals surface area contributed by atoms with E-state index in [1.807, 2.05) is 31.2 Å². The summed E-state index contributed by atoms with van der Waals surface area (Å²) in [5.74, 6) is 0.490. The molecular weight excluding hydrogens is 240 g/mol. The van der Waals surface area contributed by atoms with Crippen molar-refractivity contribution in [1.29, 1.82) is 0 Å². The number of hydrogen-bond acceptors (Lipinski definition) is 4. The topological polar surface area (TPSA) is 44.2 Å². The molecule has 0 N–H and O–H groups in total. The molecule has 5 heteroatoms. The standard InChI is InChI=1S/C12H13ClN2O2/c1-2-16-7-8-17-12-10-6-4-3-5-9(10)11(13)14-15-12/h3-6H,2,7-8H2,1H3. The molecule has 2 aromatic rings. The Labute approximate surface area is 105 Å². The smallest absolute Gasteiger partial charge is 0.241 e. The lowest BCUT2D eigenvalue weighted by atomic mass is 10.2. The van der Waals surface area contributed by atoms with Gasteiger partial charge in [-0.1, -0.05) is 29.8 Å². The summed E-state index contributed by atoms with van der Waals surface area (Å²) in [5.41, 5.74) is 0. The molecule has 0 fully saturated rings. The van der Waals surface area contributed by atoms with Crippen molar-refractivity contribution in [3.63, 3.8) is 0 Å². The molecule has 1 aromatic heterocycles. The SMILES string of the molecule is CCOCCOc1nnc(Cl)c2ccccc12. The van der Waals surface area contributed by atoms with E-state index < -0.39 is 0 Å². The lowest BCUT2D eigenvalue weighted by molar-refractivity contribution is 0.108. The summed E-state index contributed by atoms with van der Waals surface area (Å²) in [6.07, 6.45) is 0. The van der Waals surface area contributed by atoms with Crippen LogP contribution >= 0.6 is 11.6 Å². The minimum Gasteiger partial charge on any atom is -0.474 e. The fourth-order valence-corrected chi connectivity index (χ4v) is 1.70. The lowest BCUT2D eigenvalue weighted by Crippen LogP contribution is -2.08. The van der Waals surface area contributed by atoms with Gasteiger partial charge in [-0.15, -0.1) is 10.2 Å². The van der Waals surface area contributed by atoms with Gasteiger partial charge in [-0.05, 0) is 13.0 Å². The van der Waals surface area contributed by atoms with E-state index >= 15 is 0 Å². The highest BCUT2D eigenvalue weighted by molar-refractivity contribution is 6.34. The van der Waals surface area contributed by atoms with Crippen molar-refractivity contribution >= 4 is 22.4 Å². The first-order valence-electron chi connectivity index (χ1n) is 5.44. The summed E-state index contributed by atoms with van der Waals surface area (Å²) < 4.78 is 10.7. The minimum atomic E-state index is 0.387. The molecular formula is C12H13ClN2O2. The molecule has 0 aliphatic carbocycles. The molecule has 0 radical (unpaired) electrons. The largest absolute Gasteiger partial charge is 0.474 e. The molecule has 0 aliphatic rings. The third-order valence-electron chi connectivity index (χ3n) is 2.28. The van der Waals surface area contributed by atoms with E-state index in [0.717, 1.165) is 10.8 Å². The van der Waals surface area contributed by atoms with Gasteiger partial charge in [0.1, 0.15) is 6.61 Å². The van der Waals surface area contributed by atoms with Crippen molar-refractivity contribution in [2.24, 2.45) is 0 Å². The Balaban J connectivity index is 2.20. The van der Waals surface area contributed by atoms with Gasteiger partial charge in [0.05, 0.1) is 6.61 Å². The highest BCUT2D eigenvalue weighted by Gasteiger charge is 2.07. The van der Waals surface area contributed by atoms with Crippen LogP contribution in [-0.4, -0.2) is 30.0 Å². The van der Waals surface area contributed by atoms with Crippen LogP contribution in [0.15, 0.2) is 24.3 Å². The fraction of sp³-hybridized carbons (Fsp3) is 0.333. The Morgan fingerprint density at radius 2 is 1.88 bits per heavy atom. The Morgan fingerprint density at radius 1 is 1.12 bits per heavy atom. The first-order chi connectivity index (χ1) is 8.33. The van der Waals surface area contributed by atoms with Crippen LogP contribution in [0.5, 0.6) is 5.88 Å². The first kappa shape index (κ1) is 12.1. The van der Waals surface area contributed by atoms with Gasteiger partial charge in [-0.25, -0.2) is 0 Å². The first-order valence-corrected chi connectivity index (χ1v) is 5.82. The molecule has 0 bridgehead atoms.